The smallest absolute Gasteiger partial charge is 0.343 e. The minimum Gasteiger partial charge on any atom is -0.381 e. The molecule has 0 radical (unpaired) electrons. The fraction of sp³-hybridized carbons (Fsp3) is 0.812. The Morgan fingerprint density at radius 3 is 2.88 bits per heavy atom. The third-order valence-electron chi connectivity index (χ3n) is 5.15. The van der Waals surface area contributed by atoms with E-state index in [-0.39, 0.29) is 17.5 Å². The zero-order valence-corrected chi connectivity index (χ0v) is 14.3. The molecule has 0 aromatic carbocycles. The predicted molar refractivity (Wildman–Crippen MR) is 88.7 cm³/mol. The van der Waals surface area contributed by atoms with Crippen molar-refractivity contribution in [2.45, 2.75) is 38.1 Å². The Morgan fingerprint density at radius 2 is 2.17 bits per heavy atom. The van der Waals surface area contributed by atoms with Gasteiger partial charge < -0.3 is 10.1 Å². The first-order chi connectivity index (χ1) is 11.6. The van der Waals surface area contributed by atoms with E-state index in [0.717, 1.165) is 52.0 Å². The van der Waals surface area contributed by atoms with Gasteiger partial charge in [0.05, 0.1) is 5.92 Å². The number of nitrogens with one attached hydrogen (secondary N) is 2. The SMILES string of the molecule is Cn1c(CCNC(=O)[C@H]2CCCN(C3CCOCC3)C2)n[nH]c1=O. The van der Waals surface area contributed by atoms with Crippen LogP contribution >= 0.6 is 0 Å². The van der Waals surface area contributed by atoms with E-state index >= 15 is 0 Å². The summed E-state index contributed by atoms with van der Waals surface area (Å²) in [6, 6.07) is 0.563. The van der Waals surface area contributed by atoms with Crippen molar-refractivity contribution in [3.63, 3.8) is 0 Å². The molecule has 134 valence electrons. The molecular weight excluding hydrogens is 310 g/mol. The number of amides is 1. The monoisotopic (exact) mass is 337 g/mol. The van der Waals surface area contributed by atoms with Gasteiger partial charge in [-0.25, -0.2) is 9.89 Å². The number of likely N-dealkylation sites (tertiary alicyclic amines) is 1. The average molecular weight is 337 g/mol. The summed E-state index contributed by atoms with van der Waals surface area (Å²) in [5.41, 5.74) is -0.226. The lowest BCUT2D eigenvalue weighted by atomic mass is 9.94. The van der Waals surface area contributed by atoms with E-state index in [1.54, 1.807) is 7.05 Å². The second kappa shape index (κ2) is 7.94. The summed E-state index contributed by atoms with van der Waals surface area (Å²) in [5.74, 6) is 0.838. The lowest BCUT2D eigenvalue weighted by molar-refractivity contribution is -0.127. The second-order valence-corrected chi connectivity index (χ2v) is 6.72. The Morgan fingerprint density at radius 1 is 1.38 bits per heavy atom. The number of rotatable bonds is 5. The molecule has 1 aromatic rings. The molecule has 1 atom stereocenters. The number of hydrogen-bond donors (Lipinski definition) is 2. The minimum atomic E-state index is -0.226. The molecule has 8 nitrogen and oxygen atoms in total. The van der Waals surface area contributed by atoms with E-state index in [2.05, 4.69) is 20.4 Å². The molecule has 2 aliphatic heterocycles. The molecule has 8 heteroatoms. The molecule has 0 saturated carbocycles. The molecule has 2 N–H and O–H groups in total. The minimum absolute atomic E-state index is 0.0598. The Hall–Kier alpha value is -1.67. The van der Waals surface area contributed by atoms with E-state index in [4.69, 9.17) is 4.74 Å². The zero-order chi connectivity index (χ0) is 16.9. The highest BCUT2D eigenvalue weighted by atomic mass is 16.5. The molecule has 0 unspecified atom stereocenters. The molecular formula is C16H27N5O3. The zero-order valence-electron chi connectivity index (χ0n) is 14.3. The van der Waals surface area contributed by atoms with Crippen molar-refractivity contribution < 1.29 is 9.53 Å². The van der Waals surface area contributed by atoms with Crippen LogP contribution in [-0.2, 0) is 23.0 Å². The number of ether oxygens (including phenoxy) is 1. The van der Waals surface area contributed by atoms with Gasteiger partial charge in [0.25, 0.3) is 0 Å². The fourth-order valence-corrected chi connectivity index (χ4v) is 3.65. The first-order valence-electron chi connectivity index (χ1n) is 8.85. The van der Waals surface area contributed by atoms with Crippen LogP contribution < -0.4 is 11.0 Å². The van der Waals surface area contributed by atoms with Crippen LogP contribution in [-0.4, -0.2) is 64.5 Å². The van der Waals surface area contributed by atoms with E-state index < -0.39 is 0 Å². The van der Waals surface area contributed by atoms with Crippen LogP contribution in [0.25, 0.3) is 0 Å². The van der Waals surface area contributed by atoms with Crippen LogP contribution in [0, 0.1) is 5.92 Å². The summed E-state index contributed by atoms with van der Waals surface area (Å²) < 4.78 is 6.90. The standard InChI is InChI=1S/C16H27N5O3/c1-20-14(18-19-16(20)23)4-7-17-15(22)12-3-2-8-21(11-12)13-5-9-24-10-6-13/h12-13H,2-11H2,1H3,(H,17,22)(H,19,23)/t12-/m0/s1. The molecule has 0 bridgehead atoms. The lowest BCUT2D eigenvalue weighted by Crippen LogP contribution is -2.48. The number of nitrogens with zero attached hydrogens (tertiary/aromatic N) is 3. The number of aromatic nitrogens is 3. The van der Waals surface area contributed by atoms with Crippen molar-refractivity contribution in [3.8, 4) is 0 Å². The third kappa shape index (κ3) is 4.05. The van der Waals surface area contributed by atoms with E-state index in [9.17, 15) is 9.59 Å². The van der Waals surface area contributed by atoms with Gasteiger partial charge in [0.1, 0.15) is 5.82 Å². The number of carbonyl (C=O) groups is 1. The highest BCUT2D eigenvalue weighted by Gasteiger charge is 2.30. The Bertz CT molecular complexity index is 605. The average Bonchev–Trinajstić information content (AvgIpc) is 2.95. The number of piperidine rings is 1. The van der Waals surface area contributed by atoms with Crippen LogP contribution in [0.15, 0.2) is 4.79 Å². The second-order valence-electron chi connectivity index (χ2n) is 6.72. The van der Waals surface area contributed by atoms with Crippen LogP contribution in [0.5, 0.6) is 0 Å². The highest BCUT2D eigenvalue weighted by Crippen LogP contribution is 2.23. The number of aromatic amines is 1. The molecule has 24 heavy (non-hydrogen) atoms. The first-order valence-corrected chi connectivity index (χ1v) is 8.85. The van der Waals surface area contributed by atoms with Crippen molar-refractivity contribution in [1.29, 1.82) is 0 Å². The van der Waals surface area contributed by atoms with Gasteiger partial charge in [-0.05, 0) is 32.2 Å². The quantitative estimate of drug-likeness (QED) is 0.767. The van der Waals surface area contributed by atoms with Crippen molar-refractivity contribution in [1.82, 2.24) is 25.0 Å². The number of carbonyl (C=O) groups excluding carboxylic acids is 1. The highest BCUT2D eigenvalue weighted by molar-refractivity contribution is 5.78. The largest absolute Gasteiger partial charge is 0.381 e. The maximum Gasteiger partial charge on any atom is 0.343 e. The van der Waals surface area contributed by atoms with Gasteiger partial charge in [-0.1, -0.05) is 0 Å². The van der Waals surface area contributed by atoms with Crippen LogP contribution in [0.4, 0.5) is 0 Å². The van der Waals surface area contributed by atoms with Crippen molar-refractivity contribution >= 4 is 5.91 Å². The lowest BCUT2D eigenvalue weighted by Gasteiger charge is -2.39. The fourth-order valence-electron chi connectivity index (χ4n) is 3.65. The molecule has 1 amide bonds. The summed E-state index contributed by atoms with van der Waals surface area (Å²) in [4.78, 5) is 26.2. The molecule has 0 spiro atoms. The third-order valence-corrected chi connectivity index (χ3v) is 5.15. The van der Waals surface area contributed by atoms with Crippen molar-refractivity contribution in [2.75, 3.05) is 32.8 Å². The van der Waals surface area contributed by atoms with E-state index in [1.165, 1.54) is 4.57 Å². The number of hydrogen-bond acceptors (Lipinski definition) is 5. The normalized spacial score (nSPS) is 23.3. The van der Waals surface area contributed by atoms with Crippen LogP contribution in [0.3, 0.4) is 0 Å². The molecule has 0 aliphatic carbocycles. The number of H-pyrrole nitrogens is 1. The molecule has 3 rings (SSSR count). The predicted octanol–water partition coefficient (Wildman–Crippen LogP) is -0.342. The molecule has 2 fully saturated rings. The Kier molecular flexibility index (Phi) is 5.68. The first kappa shape index (κ1) is 17.2. The summed E-state index contributed by atoms with van der Waals surface area (Å²) in [7, 11) is 1.68. The maximum absolute atomic E-state index is 12.4. The van der Waals surface area contributed by atoms with E-state index in [1.807, 2.05) is 0 Å². The van der Waals surface area contributed by atoms with Gasteiger partial charge in [0.2, 0.25) is 5.91 Å². The molecule has 2 saturated heterocycles. The molecule has 2 aliphatic rings. The molecule has 3 heterocycles. The topological polar surface area (TPSA) is 92.2 Å². The maximum atomic E-state index is 12.4. The van der Waals surface area contributed by atoms with Crippen molar-refractivity contribution in [2.24, 2.45) is 13.0 Å². The van der Waals surface area contributed by atoms with Gasteiger partial charge in [-0.3, -0.25) is 14.3 Å². The molecule has 1 aromatic heterocycles. The van der Waals surface area contributed by atoms with Crippen LogP contribution in [0.2, 0.25) is 0 Å². The Labute approximate surface area is 141 Å². The van der Waals surface area contributed by atoms with E-state index in [0.29, 0.717) is 24.8 Å². The summed E-state index contributed by atoms with van der Waals surface area (Å²) >= 11 is 0. The van der Waals surface area contributed by atoms with Crippen molar-refractivity contribution in [3.05, 3.63) is 16.3 Å². The van der Waals surface area contributed by atoms with Gasteiger partial charge in [-0.15, -0.1) is 0 Å². The van der Waals surface area contributed by atoms with Gasteiger partial charge in [-0.2, -0.15) is 5.10 Å². The van der Waals surface area contributed by atoms with Gasteiger partial charge in [0.15, 0.2) is 0 Å². The van der Waals surface area contributed by atoms with Gasteiger partial charge >= 0.3 is 5.69 Å². The summed E-state index contributed by atoms with van der Waals surface area (Å²) in [5, 5.41) is 9.36. The summed E-state index contributed by atoms with van der Waals surface area (Å²) in [6.45, 7) is 4.10. The summed E-state index contributed by atoms with van der Waals surface area (Å²) in [6.07, 6.45) is 4.72. The van der Waals surface area contributed by atoms with Gasteiger partial charge in [0, 0.05) is 45.8 Å². The Balaban J connectivity index is 1.45. The van der Waals surface area contributed by atoms with Crippen LogP contribution in [0.1, 0.15) is 31.5 Å².